The van der Waals surface area contributed by atoms with Gasteiger partial charge in [0.05, 0.1) is 6.07 Å². The van der Waals surface area contributed by atoms with Gasteiger partial charge < -0.3 is 9.64 Å². The molecular weight excluding hydrogens is 252 g/mol. The number of benzene rings is 1. The maximum absolute atomic E-state index is 12.4. The Morgan fingerprint density at radius 2 is 2.15 bits per heavy atom. The largest absolute Gasteiger partial charge is 0.490 e. The molecule has 104 valence electrons. The molecule has 1 amide bonds. The first-order chi connectivity index (χ1) is 9.63. The second-order valence-electron chi connectivity index (χ2n) is 4.99. The van der Waals surface area contributed by atoms with E-state index in [9.17, 15) is 10.1 Å². The van der Waals surface area contributed by atoms with Gasteiger partial charge in [-0.25, -0.2) is 0 Å². The Hall–Kier alpha value is -2.28. The highest BCUT2D eigenvalue weighted by Crippen LogP contribution is 2.37. The van der Waals surface area contributed by atoms with Gasteiger partial charge in [0.2, 0.25) is 0 Å². The summed E-state index contributed by atoms with van der Waals surface area (Å²) in [5, 5.41) is 9.27. The van der Waals surface area contributed by atoms with Crippen LogP contribution in [0.25, 0.3) is 0 Å². The monoisotopic (exact) mass is 270 g/mol. The van der Waals surface area contributed by atoms with Crippen LogP contribution in [0.1, 0.15) is 29.6 Å². The summed E-state index contributed by atoms with van der Waals surface area (Å²) in [6, 6.07) is 9.23. The molecule has 0 atom stereocenters. The third-order valence-electron chi connectivity index (χ3n) is 3.80. The Morgan fingerprint density at radius 3 is 2.60 bits per heavy atom. The molecule has 1 aromatic rings. The molecule has 1 aromatic carbocycles. The van der Waals surface area contributed by atoms with Crippen LogP contribution in [0.3, 0.4) is 0 Å². The second kappa shape index (κ2) is 5.79. The Balaban J connectivity index is 2.09. The number of nitrogens with zero attached hydrogens (tertiary/aromatic N) is 2. The van der Waals surface area contributed by atoms with E-state index in [-0.39, 0.29) is 5.91 Å². The van der Waals surface area contributed by atoms with Crippen LogP contribution in [0.15, 0.2) is 36.9 Å². The molecule has 0 saturated heterocycles. The van der Waals surface area contributed by atoms with Crippen LogP contribution in [0, 0.1) is 11.3 Å². The lowest BCUT2D eigenvalue weighted by Crippen LogP contribution is -2.53. The van der Waals surface area contributed by atoms with Gasteiger partial charge >= 0.3 is 0 Å². The lowest BCUT2D eigenvalue weighted by Gasteiger charge is -2.42. The highest BCUT2D eigenvalue weighted by Gasteiger charge is 2.43. The van der Waals surface area contributed by atoms with Crippen molar-refractivity contribution in [2.24, 2.45) is 0 Å². The zero-order valence-corrected chi connectivity index (χ0v) is 11.6. The van der Waals surface area contributed by atoms with Gasteiger partial charge in [-0.05, 0) is 43.5 Å². The number of carbonyl (C=O) groups excluding carboxylic acids is 1. The SMILES string of the molecule is C=CCOc1ccc(C(=O)N(C)C2(C#N)CCC2)cc1. The molecule has 1 saturated carbocycles. The standard InChI is InChI=1S/C16H18N2O2/c1-3-11-20-14-7-5-13(6-8-14)15(19)18(2)16(12-17)9-4-10-16/h3,5-8H,1,4,9-11H2,2H3. The number of rotatable bonds is 5. The molecule has 4 heteroatoms. The quantitative estimate of drug-likeness (QED) is 0.773. The topological polar surface area (TPSA) is 53.3 Å². The lowest BCUT2D eigenvalue weighted by atomic mass is 9.76. The summed E-state index contributed by atoms with van der Waals surface area (Å²) in [6.07, 6.45) is 4.18. The van der Waals surface area contributed by atoms with Crippen molar-refractivity contribution >= 4 is 5.91 Å². The third kappa shape index (κ3) is 2.53. The summed E-state index contributed by atoms with van der Waals surface area (Å²) in [6.45, 7) is 4.02. The summed E-state index contributed by atoms with van der Waals surface area (Å²) < 4.78 is 5.38. The normalized spacial score (nSPS) is 15.6. The van der Waals surface area contributed by atoms with Gasteiger partial charge in [0, 0.05) is 12.6 Å². The molecule has 0 radical (unpaired) electrons. The Labute approximate surface area is 119 Å². The van der Waals surface area contributed by atoms with Crippen molar-refractivity contribution < 1.29 is 9.53 Å². The van der Waals surface area contributed by atoms with Crippen LogP contribution in [-0.2, 0) is 0 Å². The molecule has 0 aliphatic heterocycles. The first-order valence-electron chi connectivity index (χ1n) is 6.66. The minimum absolute atomic E-state index is 0.124. The number of carbonyl (C=O) groups is 1. The molecule has 4 nitrogen and oxygen atoms in total. The molecule has 2 rings (SSSR count). The zero-order valence-electron chi connectivity index (χ0n) is 11.6. The first-order valence-corrected chi connectivity index (χ1v) is 6.66. The van der Waals surface area contributed by atoms with Crippen LogP contribution in [0.4, 0.5) is 0 Å². The van der Waals surface area contributed by atoms with E-state index in [0.29, 0.717) is 17.9 Å². The van der Waals surface area contributed by atoms with E-state index in [4.69, 9.17) is 4.74 Å². The van der Waals surface area contributed by atoms with Gasteiger partial charge in [0.25, 0.3) is 5.91 Å². The maximum Gasteiger partial charge on any atom is 0.254 e. The number of ether oxygens (including phenoxy) is 1. The molecular formula is C16H18N2O2. The van der Waals surface area contributed by atoms with Crippen LogP contribution in [-0.4, -0.2) is 30.0 Å². The minimum atomic E-state index is -0.616. The fraction of sp³-hybridized carbons (Fsp3) is 0.375. The molecule has 0 heterocycles. The van der Waals surface area contributed by atoms with E-state index < -0.39 is 5.54 Å². The summed E-state index contributed by atoms with van der Waals surface area (Å²) >= 11 is 0. The van der Waals surface area contributed by atoms with Gasteiger partial charge in [-0.3, -0.25) is 4.79 Å². The number of hydrogen-bond donors (Lipinski definition) is 0. The van der Waals surface area contributed by atoms with Crippen molar-refractivity contribution in [2.45, 2.75) is 24.8 Å². The van der Waals surface area contributed by atoms with E-state index in [1.54, 1.807) is 42.3 Å². The second-order valence-corrected chi connectivity index (χ2v) is 4.99. The molecule has 20 heavy (non-hydrogen) atoms. The molecule has 0 aromatic heterocycles. The van der Waals surface area contributed by atoms with Crippen molar-refractivity contribution in [1.82, 2.24) is 4.90 Å². The van der Waals surface area contributed by atoms with Crippen molar-refractivity contribution in [3.05, 3.63) is 42.5 Å². The minimum Gasteiger partial charge on any atom is -0.490 e. The molecule has 0 bridgehead atoms. The molecule has 0 N–H and O–H groups in total. The van der Waals surface area contributed by atoms with Crippen LogP contribution in [0.2, 0.25) is 0 Å². The predicted molar refractivity (Wildman–Crippen MR) is 76.4 cm³/mol. The summed E-state index contributed by atoms with van der Waals surface area (Å²) in [5.41, 5.74) is -0.0466. The fourth-order valence-electron chi connectivity index (χ4n) is 2.27. The van der Waals surface area contributed by atoms with Crippen LogP contribution >= 0.6 is 0 Å². The highest BCUT2D eigenvalue weighted by molar-refractivity contribution is 5.95. The molecule has 1 fully saturated rings. The first kappa shape index (κ1) is 14.1. The van der Waals surface area contributed by atoms with E-state index in [1.807, 2.05) is 0 Å². The van der Waals surface area contributed by atoms with Crippen molar-refractivity contribution in [1.29, 1.82) is 5.26 Å². The number of amides is 1. The zero-order chi connectivity index (χ0) is 14.6. The maximum atomic E-state index is 12.4. The van der Waals surface area contributed by atoms with Gasteiger partial charge in [0.15, 0.2) is 0 Å². The highest BCUT2D eigenvalue weighted by atomic mass is 16.5. The van der Waals surface area contributed by atoms with Crippen molar-refractivity contribution in [2.75, 3.05) is 13.7 Å². The lowest BCUT2D eigenvalue weighted by molar-refractivity contribution is 0.0497. The average Bonchev–Trinajstić information content (AvgIpc) is 2.44. The predicted octanol–water partition coefficient (Wildman–Crippen LogP) is 2.77. The number of nitriles is 1. The molecule has 1 aliphatic rings. The average molecular weight is 270 g/mol. The van der Waals surface area contributed by atoms with Crippen LogP contribution < -0.4 is 4.74 Å². The van der Waals surface area contributed by atoms with Crippen LogP contribution in [0.5, 0.6) is 5.75 Å². The Bertz CT molecular complexity index is 539. The van der Waals surface area contributed by atoms with Gasteiger partial charge in [-0.1, -0.05) is 12.7 Å². The van der Waals surface area contributed by atoms with Crippen molar-refractivity contribution in [3.63, 3.8) is 0 Å². The summed E-state index contributed by atoms with van der Waals surface area (Å²) in [4.78, 5) is 14.0. The Kier molecular flexibility index (Phi) is 4.09. The van der Waals surface area contributed by atoms with Gasteiger partial charge in [0.1, 0.15) is 17.9 Å². The number of hydrogen-bond acceptors (Lipinski definition) is 3. The van der Waals surface area contributed by atoms with E-state index in [2.05, 4.69) is 12.6 Å². The molecule has 0 unspecified atom stereocenters. The summed E-state index contributed by atoms with van der Waals surface area (Å²) in [5.74, 6) is 0.573. The van der Waals surface area contributed by atoms with Gasteiger partial charge in [-0.15, -0.1) is 0 Å². The van der Waals surface area contributed by atoms with Gasteiger partial charge in [-0.2, -0.15) is 5.26 Å². The van der Waals surface area contributed by atoms with E-state index >= 15 is 0 Å². The fourth-order valence-corrected chi connectivity index (χ4v) is 2.27. The van der Waals surface area contributed by atoms with E-state index in [0.717, 1.165) is 19.3 Å². The molecule has 0 spiro atoms. The van der Waals surface area contributed by atoms with Crippen molar-refractivity contribution in [3.8, 4) is 11.8 Å². The Morgan fingerprint density at radius 1 is 1.50 bits per heavy atom. The smallest absolute Gasteiger partial charge is 0.254 e. The van der Waals surface area contributed by atoms with E-state index in [1.165, 1.54) is 0 Å². The third-order valence-corrected chi connectivity index (χ3v) is 3.80. The summed E-state index contributed by atoms with van der Waals surface area (Å²) in [7, 11) is 1.70. The molecule has 1 aliphatic carbocycles.